The van der Waals surface area contributed by atoms with Crippen LogP contribution in [-0.2, 0) is 4.79 Å². The van der Waals surface area contributed by atoms with Crippen LogP contribution in [0.5, 0.6) is 0 Å². The standard InChI is InChI=1S/C17H26O/c1-14-7-5-8-15(2)11-12-17(4,13-18)16(3)10-6-9-14/h8-10,13H,5-7,11-12H2,1-4H3/b14-9-,15-8-,16-10-. The molecule has 0 saturated heterocycles. The molecule has 0 aromatic rings. The van der Waals surface area contributed by atoms with Crippen molar-refractivity contribution in [1.82, 2.24) is 0 Å². The molecule has 0 saturated carbocycles. The van der Waals surface area contributed by atoms with Gasteiger partial charge in [0.1, 0.15) is 6.29 Å². The van der Waals surface area contributed by atoms with E-state index in [9.17, 15) is 4.79 Å². The van der Waals surface area contributed by atoms with E-state index in [0.29, 0.717) is 0 Å². The van der Waals surface area contributed by atoms with Crippen LogP contribution < -0.4 is 0 Å². The van der Waals surface area contributed by atoms with Crippen molar-refractivity contribution >= 4 is 6.29 Å². The average Bonchev–Trinajstić information content (AvgIpc) is 2.34. The maximum absolute atomic E-state index is 11.4. The lowest BCUT2D eigenvalue weighted by molar-refractivity contribution is -0.114. The third-order valence-corrected chi connectivity index (χ3v) is 4.12. The quantitative estimate of drug-likeness (QED) is 0.470. The molecule has 1 nitrogen and oxygen atoms in total. The molecule has 1 heteroatoms. The summed E-state index contributed by atoms with van der Waals surface area (Å²) in [5.74, 6) is 0. The van der Waals surface area contributed by atoms with Crippen LogP contribution in [0.15, 0.2) is 34.9 Å². The van der Waals surface area contributed by atoms with Gasteiger partial charge in [0.25, 0.3) is 0 Å². The zero-order valence-electron chi connectivity index (χ0n) is 12.3. The Morgan fingerprint density at radius 1 is 1.06 bits per heavy atom. The summed E-state index contributed by atoms with van der Waals surface area (Å²) in [5.41, 5.74) is 3.76. The molecule has 0 aromatic heterocycles. The van der Waals surface area contributed by atoms with E-state index >= 15 is 0 Å². The first-order valence-electron chi connectivity index (χ1n) is 6.93. The van der Waals surface area contributed by atoms with Gasteiger partial charge in [0.2, 0.25) is 0 Å². The fraction of sp³-hybridized carbons (Fsp3) is 0.588. The fourth-order valence-electron chi connectivity index (χ4n) is 2.23. The van der Waals surface area contributed by atoms with Crippen molar-refractivity contribution in [1.29, 1.82) is 0 Å². The topological polar surface area (TPSA) is 17.1 Å². The van der Waals surface area contributed by atoms with Crippen molar-refractivity contribution in [2.45, 2.75) is 59.8 Å². The van der Waals surface area contributed by atoms with E-state index in [2.05, 4.69) is 45.9 Å². The Morgan fingerprint density at radius 3 is 2.39 bits per heavy atom. The zero-order valence-corrected chi connectivity index (χ0v) is 12.3. The van der Waals surface area contributed by atoms with Crippen LogP contribution in [0.1, 0.15) is 59.8 Å². The van der Waals surface area contributed by atoms with E-state index < -0.39 is 0 Å². The predicted molar refractivity (Wildman–Crippen MR) is 78.5 cm³/mol. The lowest BCUT2D eigenvalue weighted by atomic mass is 9.78. The van der Waals surface area contributed by atoms with Crippen LogP contribution in [0.25, 0.3) is 0 Å². The van der Waals surface area contributed by atoms with Crippen molar-refractivity contribution < 1.29 is 4.79 Å². The van der Waals surface area contributed by atoms with Gasteiger partial charge in [0.05, 0.1) is 0 Å². The average molecular weight is 246 g/mol. The third-order valence-electron chi connectivity index (χ3n) is 4.12. The molecule has 0 radical (unpaired) electrons. The first-order chi connectivity index (χ1) is 8.48. The Morgan fingerprint density at radius 2 is 1.72 bits per heavy atom. The van der Waals surface area contributed by atoms with E-state index in [1.807, 2.05) is 0 Å². The highest BCUT2D eigenvalue weighted by Crippen LogP contribution is 2.32. The lowest BCUT2D eigenvalue weighted by Gasteiger charge is -2.25. The highest BCUT2D eigenvalue weighted by atomic mass is 16.1. The molecule has 0 N–H and O–H groups in total. The summed E-state index contributed by atoms with van der Waals surface area (Å²) in [6, 6.07) is 0. The van der Waals surface area contributed by atoms with Gasteiger partial charge in [-0.2, -0.15) is 0 Å². The Bertz CT molecular complexity index is 384. The number of rotatable bonds is 1. The number of hydrogen-bond acceptors (Lipinski definition) is 1. The number of hydrogen-bond donors (Lipinski definition) is 0. The second kappa shape index (κ2) is 6.72. The largest absolute Gasteiger partial charge is 0.302 e. The normalized spacial score (nSPS) is 35.9. The monoisotopic (exact) mass is 246 g/mol. The Hall–Kier alpha value is -1.11. The minimum Gasteiger partial charge on any atom is -0.302 e. The minimum atomic E-state index is -0.296. The molecule has 18 heavy (non-hydrogen) atoms. The molecule has 0 aliphatic heterocycles. The summed E-state index contributed by atoms with van der Waals surface area (Å²) >= 11 is 0. The van der Waals surface area contributed by atoms with Crippen LogP contribution in [0, 0.1) is 5.41 Å². The molecule has 0 spiro atoms. The van der Waals surface area contributed by atoms with Crippen LogP contribution >= 0.6 is 0 Å². The SMILES string of the molecule is C/C1=C/C/C=C(/C)C(C)(C=O)CC/C(C)=C\CC1. The summed E-state index contributed by atoms with van der Waals surface area (Å²) in [5, 5.41) is 0. The van der Waals surface area contributed by atoms with Crippen molar-refractivity contribution in [3.8, 4) is 0 Å². The summed E-state index contributed by atoms with van der Waals surface area (Å²) < 4.78 is 0. The van der Waals surface area contributed by atoms with Gasteiger partial charge in [-0.1, -0.05) is 34.9 Å². The van der Waals surface area contributed by atoms with Gasteiger partial charge in [-0.3, -0.25) is 0 Å². The van der Waals surface area contributed by atoms with Crippen LogP contribution in [-0.4, -0.2) is 6.29 Å². The number of allylic oxidation sites excluding steroid dienone is 6. The summed E-state index contributed by atoms with van der Waals surface area (Å²) in [6.45, 7) is 8.51. The Labute approximate surface area is 112 Å². The van der Waals surface area contributed by atoms with Gasteiger partial charge in [-0.25, -0.2) is 0 Å². The van der Waals surface area contributed by atoms with Crippen molar-refractivity contribution in [3.63, 3.8) is 0 Å². The van der Waals surface area contributed by atoms with Crippen molar-refractivity contribution in [2.24, 2.45) is 5.41 Å². The highest BCUT2D eigenvalue weighted by molar-refractivity contribution is 5.64. The van der Waals surface area contributed by atoms with Gasteiger partial charge < -0.3 is 4.79 Å². The third kappa shape index (κ3) is 4.29. The van der Waals surface area contributed by atoms with Gasteiger partial charge in [-0.15, -0.1) is 0 Å². The van der Waals surface area contributed by atoms with E-state index in [0.717, 1.165) is 38.4 Å². The Kier molecular flexibility index (Phi) is 5.58. The van der Waals surface area contributed by atoms with Crippen LogP contribution in [0.2, 0.25) is 0 Å². The summed E-state index contributed by atoms with van der Waals surface area (Å²) in [7, 11) is 0. The molecule has 1 unspecified atom stereocenters. The second-order valence-corrected chi connectivity index (χ2v) is 5.80. The molecule has 1 atom stereocenters. The summed E-state index contributed by atoms with van der Waals surface area (Å²) in [6.07, 6.45) is 13.1. The first-order valence-corrected chi connectivity index (χ1v) is 6.93. The van der Waals surface area contributed by atoms with Crippen LogP contribution in [0.4, 0.5) is 0 Å². The molecule has 0 bridgehead atoms. The first kappa shape index (κ1) is 14.9. The highest BCUT2D eigenvalue weighted by Gasteiger charge is 2.25. The van der Waals surface area contributed by atoms with Crippen molar-refractivity contribution in [2.75, 3.05) is 0 Å². The molecule has 0 amide bonds. The van der Waals surface area contributed by atoms with Crippen LogP contribution in [0.3, 0.4) is 0 Å². The molecule has 0 aromatic carbocycles. The Balaban J connectivity index is 2.97. The number of carbonyl (C=O) groups is 1. The van der Waals surface area contributed by atoms with Gasteiger partial charge in [-0.05, 0) is 59.8 Å². The predicted octanol–water partition coefficient (Wildman–Crippen LogP) is 4.99. The van der Waals surface area contributed by atoms with E-state index in [4.69, 9.17) is 0 Å². The van der Waals surface area contributed by atoms with E-state index in [1.54, 1.807) is 0 Å². The van der Waals surface area contributed by atoms with Crippen molar-refractivity contribution in [3.05, 3.63) is 34.9 Å². The van der Waals surface area contributed by atoms with Gasteiger partial charge >= 0.3 is 0 Å². The fourth-order valence-corrected chi connectivity index (χ4v) is 2.23. The van der Waals surface area contributed by atoms with Gasteiger partial charge in [0, 0.05) is 5.41 Å². The minimum absolute atomic E-state index is 0.296. The molecular formula is C17H26O. The lowest BCUT2D eigenvalue weighted by Crippen LogP contribution is -2.20. The maximum atomic E-state index is 11.4. The van der Waals surface area contributed by atoms with E-state index in [-0.39, 0.29) is 5.41 Å². The molecule has 1 aliphatic rings. The number of aldehydes is 1. The molecule has 0 heterocycles. The molecule has 100 valence electrons. The smallest absolute Gasteiger partial charge is 0.129 e. The molecule has 1 rings (SSSR count). The maximum Gasteiger partial charge on any atom is 0.129 e. The molecular weight excluding hydrogens is 220 g/mol. The second-order valence-electron chi connectivity index (χ2n) is 5.80. The molecule has 0 fully saturated rings. The van der Waals surface area contributed by atoms with E-state index in [1.165, 1.54) is 16.7 Å². The van der Waals surface area contributed by atoms with Gasteiger partial charge in [0.15, 0.2) is 0 Å². The number of carbonyl (C=O) groups excluding carboxylic acids is 1. The summed E-state index contributed by atoms with van der Waals surface area (Å²) in [4.78, 5) is 11.4. The zero-order chi connectivity index (χ0) is 13.6. The molecule has 1 aliphatic carbocycles.